The molecule has 180 valence electrons. The second kappa shape index (κ2) is 10.9. The van der Waals surface area contributed by atoms with Crippen LogP contribution in [-0.4, -0.2) is 47.8 Å². The van der Waals surface area contributed by atoms with Crippen molar-refractivity contribution in [3.8, 4) is 0 Å². The topological polar surface area (TPSA) is 78.5 Å². The lowest BCUT2D eigenvalue weighted by Gasteiger charge is -2.36. The molecule has 2 fully saturated rings. The van der Waals surface area contributed by atoms with Crippen LogP contribution >= 0.6 is 0 Å². The molecule has 6 nitrogen and oxygen atoms in total. The summed E-state index contributed by atoms with van der Waals surface area (Å²) in [7, 11) is 0. The maximum Gasteiger partial charge on any atom is 0.253 e. The van der Waals surface area contributed by atoms with Gasteiger partial charge in [-0.25, -0.2) is 0 Å². The molecular formula is C28H35N3O3. The van der Waals surface area contributed by atoms with Crippen molar-refractivity contribution in [1.29, 1.82) is 0 Å². The van der Waals surface area contributed by atoms with Gasteiger partial charge in [0.1, 0.15) is 0 Å². The predicted molar refractivity (Wildman–Crippen MR) is 133 cm³/mol. The van der Waals surface area contributed by atoms with Gasteiger partial charge in [0.25, 0.3) is 11.8 Å². The minimum absolute atomic E-state index is 0.0325. The van der Waals surface area contributed by atoms with Gasteiger partial charge in [0.2, 0.25) is 5.91 Å². The average Bonchev–Trinajstić information content (AvgIpc) is 2.85. The van der Waals surface area contributed by atoms with Crippen LogP contribution in [0.25, 0.3) is 0 Å². The van der Waals surface area contributed by atoms with Gasteiger partial charge in [-0.1, -0.05) is 48.7 Å². The van der Waals surface area contributed by atoms with Gasteiger partial charge in [-0.15, -0.1) is 0 Å². The van der Waals surface area contributed by atoms with E-state index in [1.165, 1.54) is 0 Å². The third kappa shape index (κ3) is 5.66. The van der Waals surface area contributed by atoms with Crippen molar-refractivity contribution >= 4 is 17.7 Å². The second-order valence-electron chi connectivity index (χ2n) is 9.73. The Morgan fingerprint density at radius 3 is 2.06 bits per heavy atom. The van der Waals surface area contributed by atoms with Gasteiger partial charge < -0.3 is 15.5 Å². The molecule has 2 aliphatic rings. The summed E-state index contributed by atoms with van der Waals surface area (Å²) >= 11 is 0. The highest BCUT2D eigenvalue weighted by Crippen LogP contribution is 2.23. The lowest BCUT2D eigenvalue weighted by atomic mass is 9.88. The summed E-state index contributed by atoms with van der Waals surface area (Å²) < 4.78 is 0. The molecule has 34 heavy (non-hydrogen) atoms. The smallest absolute Gasteiger partial charge is 0.253 e. The molecule has 4 rings (SSSR count). The van der Waals surface area contributed by atoms with E-state index in [0.29, 0.717) is 37.1 Å². The molecule has 2 atom stereocenters. The van der Waals surface area contributed by atoms with Crippen LogP contribution in [0.4, 0.5) is 0 Å². The number of carbonyl (C=O) groups excluding carboxylic acids is 3. The number of likely N-dealkylation sites (tertiary alicyclic amines) is 1. The standard InChI is InChI=1S/C28H35N3O3/c1-19-11-13-22(14-12-19)28(34)31-17-15-21(16-18-31)26(32)29-24-9-5-6-10-25(24)30-27(33)23-8-4-3-7-20(23)2/h3-4,7-8,11-14,21,24-25H,5-6,9-10,15-18H2,1-2H3,(H,29,32)(H,30,33)/t24-,25-/m1/s1. The SMILES string of the molecule is Cc1ccc(C(=O)N2CCC(C(=O)N[C@@H]3CCCC[C@H]3NC(=O)c3ccccc3C)CC2)cc1. The van der Waals surface area contributed by atoms with Crippen molar-refractivity contribution in [3.63, 3.8) is 0 Å². The van der Waals surface area contributed by atoms with E-state index in [4.69, 9.17) is 0 Å². The molecule has 3 amide bonds. The van der Waals surface area contributed by atoms with Gasteiger partial charge in [0.05, 0.1) is 0 Å². The van der Waals surface area contributed by atoms with Crippen LogP contribution in [0.3, 0.4) is 0 Å². The summed E-state index contributed by atoms with van der Waals surface area (Å²) in [6, 6.07) is 15.1. The van der Waals surface area contributed by atoms with E-state index in [9.17, 15) is 14.4 Å². The number of carbonyl (C=O) groups is 3. The summed E-state index contributed by atoms with van der Waals surface area (Å²) in [5, 5.41) is 6.41. The van der Waals surface area contributed by atoms with Gasteiger partial charge in [0, 0.05) is 42.2 Å². The van der Waals surface area contributed by atoms with Gasteiger partial charge in [0.15, 0.2) is 0 Å². The first-order valence-corrected chi connectivity index (χ1v) is 12.4. The molecule has 0 unspecified atom stereocenters. The van der Waals surface area contributed by atoms with Gasteiger partial charge in [-0.05, 0) is 63.3 Å². The Kier molecular flexibility index (Phi) is 7.66. The molecule has 2 N–H and O–H groups in total. The normalized spacial score (nSPS) is 21.1. The van der Waals surface area contributed by atoms with Crippen LogP contribution in [0.5, 0.6) is 0 Å². The number of amides is 3. The van der Waals surface area contributed by atoms with Crippen molar-refractivity contribution < 1.29 is 14.4 Å². The molecule has 1 saturated carbocycles. The molecule has 2 aromatic carbocycles. The first-order chi connectivity index (χ1) is 16.4. The zero-order chi connectivity index (χ0) is 24.1. The van der Waals surface area contributed by atoms with E-state index in [-0.39, 0.29) is 35.7 Å². The Hall–Kier alpha value is -3.15. The van der Waals surface area contributed by atoms with E-state index in [1.807, 2.05) is 67.3 Å². The van der Waals surface area contributed by atoms with Crippen LogP contribution < -0.4 is 10.6 Å². The molecule has 0 bridgehead atoms. The molecule has 6 heteroatoms. The van der Waals surface area contributed by atoms with Crippen molar-refractivity contribution in [2.24, 2.45) is 5.92 Å². The second-order valence-corrected chi connectivity index (χ2v) is 9.73. The maximum absolute atomic E-state index is 13.1. The minimum Gasteiger partial charge on any atom is -0.351 e. The van der Waals surface area contributed by atoms with Crippen molar-refractivity contribution in [2.75, 3.05) is 13.1 Å². The minimum atomic E-state index is -0.100. The Morgan fingerprint density at radius 1 is 0.794 bits per heavy atom. The fraction of sp³-hybridized carbons (Fsp3) is 0.464. The maximum atomic E-state index is 13.1. The number of aryl methyl sites for hydroxylation is 2. The first-order valence-electron chi connectivity index (χ1n) is 12.4. The molecule has 0 radical (unpaired) electrons. The molecule has 2 aromatic rings. The number of hydrogen-bond donors (Lipinski definition) is 2. The number of benzene rings is 2. The first kappa shape index (κ1) is 24.0. The lowest BCUT2D eigenvalue weighted by Crippen LogP contribution is -2.55. The third-order valence-electron chi connectivity index (χ3n) is 7.25. The summed E-state index contributed by atoms with van der Waals surface area (Å²) in [5.74, 6) is -0.0986. The lowest BCUT2D eigenvalue weighted by molar-refractivity contribution is -0.127. The highest BCUT2D eigenvalue weighted by Gasteiger charge is 2.32. The van der Waals surface area contributed by atoms with Gasteiger partial charge in [-0.3, -0.25) is 14.4 Å². The Morgan fingerprint density at radius 2 is 1.41 bits per heavy atom. The molecule has 0 aromatic heterocycles. The molecule has 1 heterocycles. The van der Waals surface area contributed by atoms with E-state index < -0.39 is 0 Å². The zero-order valence-electron chi connectivity index (χ0n) is 20.2. The number of piperidine rings is 1. The Labute approximate surface area is 202 Å². The molecule has 0 spiro atoms. The van der Waals surface area contributed by atoms with E-state index >= 15 is 0 Å². The van der Waals surface area contributed by atoms with E-state index in [0.717, 1.165) is 36.8 Å². The molecular weight excluding hydrogens is 426 g/mol. The molecule has 1 aliphatic heterocycles. The molecule has 1 saturated heterocycles. The fourth-order valence-corrected chi connectivity index (χ4v) is 5.07. The quantitative estimate of drug-likeness (QED) is 0.706. The van der Waals surface area contributed by atoms with Crippen molar-refractivity contribution in [3.05, 3.63) is 70.8 Å². The summed E-state index contributed by atoms with van der Waals surface area (Å²) in [5.41, 5.74) is 3.46. The monoisotopic (exact) mass is 461 g/mol. The summed E-state index contributed by atoms with van der Waals surface area (Å²) in [6.07, 6.45) is 5.16. The zero-order valence-corrected chi connectivity index (χ0v) is 20.2. The summed E-state index contributed by atoms with van der Waals surface area (Å²) in [4.78, 5) is 40.5. The van der Waals surface area contributed by atoms with Crippen molar-refractivity contribution in [1.82, 2.24) is 15.5 Å². The molecule has 1 aliphatic carbocycles. The van der Waals surface area contributed by atoms with Gasteiger partial charge in [-0.2, -0.15) is 0 Å². The van der Waals surface area contributed by atoms with Crippen molar-refractivity contribution in [2.45, 2.75) is 64.5 Å². The third-order valence-corrected chi connectivity index (χ3v) is 7.25. The predicted octanol–water partition coefficient (Wildman–Crippen LogP) is 4.01. The van der Waals surface area contributed by atoms with Crippen LogP contribution in [0.2, 0.25) is 0 Å². The highest BCUT2D eigenvalue weighted by atomic mass is 16.2. The van der Waals surface area contributed by atoms with Crippen LogP contribution in [0, 0.1) is 19.8 Å². The summed E-state index contributed by atoms with van der Waals surface area (Å²) in [6.45, 7) is 5.11. The largest absolute Gasteiger partial charge is 0.351 e. The van der Waals surface area contributed by atoms with Crippen LogP contribution in [0.15, 0.2) is 48.5 Å². The Bertz CT molecular complexity index is 1030. The fourth-order valence-electron chi connectivity index (χ4n) is 5.07. The van der Waals surface area contributed by atoms with Crippen LogP contribution in [0.1, 0.15) is 70.4 Å². The number of hydrogen-bond acceptors (Lipinski definition) is 3. The van der Waals surface area contributed by atoms with Crippen LogP contribution in [-0.2, 0) is 4.79 Å². The number of rotatable bonds is 5. The average molecular weight is 462 g/mol. The van der Waals surface area contributed by atoms with Gasteiger partial charge >= 0.3 is 0 Å². The van der Waals surface area contributed by atoms with E-state index in [2.05, 4.69) is 10.6 Å². The van der Waals surface area contributed by atoms with E-state index in [1.54, 1.807) is 0 Å². The Balaban J connectivity index is 1.31. The number of nitrogens with one attached hydrogen (secondary N) is 2. The number of nitrogens with zero attached hydrogens (tertiary/aromatic N) is 1. The highest BCUT2D eigenvalue weighted by molar-refractivity contribution is 5.96.